The van der Waals surface area contributed by atoms with Crippen LogP contribution < -0.4 is 0 Å². The molecule has 3 aromatic rings. The molecule has 1 fully saturated rings. The molecule has 25 heavy (non-hydrogen) atoms. The fourth-order valence-corrected chi connectivity index (χ4v) is 3.40. The maximum absolute atomic E-state index is 14.5. The third-order valence-corrected chi connectivity index (χ3v) is 4.89. The summed E-state index contributed by atoms with van der Waals surface area (Å²) < 4.78 is 35.2. The summed E-state index contributed by atoms with van der Waals surface area (Å²) >= 11 is 11.4. The monoisotopic (exact) mass is 378 g/mol. The Morgan fingerprint density at radius 3 is 2.72 bits per heavy atom. The van der Waals surface area contributed by atoms with Crippen molar-refractivity contribution in [3.05, 3.63) is 76.6 Å². The Morgan fingerprint density at radius 2 is 2.04 bits per heavy atom. The number of aromatic nitrogens is 3. The molecule has 1 aliphatic heterocycles. The van der Waals surface area contributed by atoms with Gasteiger partial charge in [0.1, 0.15) is 29.7 Å². The van der Waals surface area contributed by atoms with E-state index in [0.29, 0.717) is 5.02 Å². The van der Waals surface area contributed by atoms with E-state index in [1.165, 1.54) is 23.1 Å². The summed E-state index contributed by atoms with van der Waals surface area (Å²) in [5, 5.41) is 4.82. The van der Waals surface area contributed by atoms with Gasteiger partial charge in [-0.05, 0) is 12.1 Å². The van der Waals surface area contributed by atoms with Gasteiger partial charge in [-0.1, -0.05) is 35.9 Å². The molecule has 0 aliphatic carbocycles. The molecule has 1 aliphatic rings. The number of hydrogen-bond acceptors (Lipinski definition) is 4. The van der Waals surface area contributed by atoms with E-state index in [1.807, 2.05) is 12.1 Å². The molecular formula is C17H11ClF2N3OS-. The zero-order valence-electron chi connectivity index (χ0n) is 12.7. The highest BCUT2D eigenvalue weighted by Gasteiger charge is 2.60. The molecule has 4 rings (SSSR count). The molecule has 2 aromatic carbocycles. The lowest BCUT2D eigenvalue weighted by atomic mass is 9.91. The summed E-state index contributed by atoms with van der Waals surface area (Å²) in [6, 6.07) is 10.6. The number of nitrogens with zero attached hydrogens (tertiary/aromatic N) is 3. The Labute approximate surface area is 152 Å². The second kappa shape index (κ2) is 6.01. The van der Waals surface area contributed by atoms with Crippen molar-refractivity contribution in [2.24, 2.45) is 0 Å². The summed E-state index contributed by atoms with van der Waals surface area (Å²) in [6.07, 6.45) is 0.823. The number of rotatable bonds is 4. The molecule has 2 atom stereocenters. The van der Waals surface area contributed by atoms with Gasteiger partial charge in [0.05, 0.1) is 6.54 Å². The first-order chi connectivity index (χ1) is 12.0. The standard InChI is InChI=1S/C17H12ClF2N3OS/c18-13-4-2-1-3-11(13)15-17(24-15,8-23-16(25)21-9-22-23)12-6-5-10(19)7-14(12)20/h1-7,9,15H,8H2,(H,21,22,25)/p-1. The minimum Gasteiger partial charge on any atom is -0.740 e. The number of ether oxygens (including phenoxy) is 1. The number of hydrogen-bond donors (Lipinski definition) is 0. The van der Waals surface area contributed by atoms with Gasteiger partial charge in [0.25, 0.3) is 0 Å². The summed E-state index contributed by atoms with van der Waals surface area (Å²) in [5.74, 6) is -1.35. The van der Waals surface area contributed by atoms with Crippen molar-refractivity contribution >= 4 is 24.2 Å². The largest absolute Gasteiger partial charge is 0.740 e. The highest BCUT2D eigenvalue weighted by atomic mass is 35.5. The van der Waals surface area contributed by atoms with Crippen LogP contribution in [0.15, 0.2) is 53.9 Å². The molecule has 0 bridgehead atoms. The topological polar surface area (TPSA) is 43.2 Å². The summed E-state index contributed by atoms with van der Waals surface area (Å²) in [4.78, 5) is 3.91. The predicted octanol–water partition coefficient (Wildman–Crippen LogP) is 3.78. The quantitative estimate of drug-likeness (QED) is 0.512. The van der Waals surface area contributed by atoms with Crippen molar-refractivity contribution in [1.82, 2.24) is 14.8 Å². The minimum absolute atomic E-state index is 0.143. The van der Waals surface area contributed by atoms with Crippen molar-refractivity contribution in [2.75, 3.05) is 0 Å². The van der Waals surface area contributed by atoms with Crippen LogP contribution in [0, 0.1) is 11.6 Å². The lowest BCUT2D eigenvalue weighted by Crippen LogP contribution is -2.22. The van der Waals surface area contributed by atoms with Crippen LogP contribution in [0.4, 0.5) is 8.78 Å². The molecule has 0 radical (unpaired) electrons. The van der Waals surface area contributed by atoms with E-state index in [9.17, 15) is 8.78 Å². The minimum atomic E-state index is -1.08. The van der Waals surface area contributed by atoms with E-state index in [1.54, 1.807) is 12.1 Å². The third-order valence-electron chi connectivity index (χ3n) is 4.23. The van der Waals surface area contributed by atoms with Crippen molar-refractivity contribution < 1.29 is 13.5 Å². The van der Waals surface area contributed by atoms with E-state index in [2.05, 4.69) is 10.1 Å². The fourth-order valence-electron chi connectivity index (χ4n) is 3.01. The Balaban J connectivity index is 1.80. The molecule has 4 nitrogen and oxygen atoms in total. The first kappa shape index (κ1) is 16.4. The van der Waals surface area contributed by atoms with Gasteiger partial charge in [0, 0.05) is 27.4 Å². The maximum Gasteiger partial charge on any atom is 0.147 e. The first-order valence-electron chi connectivity index (χ1n) is 7.44. The Kier molecular flexibility index (Phi) is 3.94. The normalized spacial score (nSPS) is 22.1. The lowest BCUT2D eigenvalue weighted by Gasteiger charge is -2.18. The van der Waals surface area contributed by atoms with Crippen LogP contribution in [0.2, 0.25) is 5.02 Å². The average Bonchev–Trinajstić information content (AvgIpc) is 3.14. The van der Waals surface area contributed by atoms with E-state index < -0.39 is 23.3 Å². The molecule has 8 heteroatoms. The second-order valence-electron chi connectivity index (χ2n) is 5.73. The van der Waals surface area contributed by atoms with Gasteiger partial charge in [0.2, 0.25) is 0 Å². The van der Waals surface area contributed by atoms with Crippen molar-refractivity contribution in [3.63, 3.8) is 0 Å². The molecule has 128 valence electrons. The second-order valence-corrected chi connectivity index (χ2v) is 6.51. The van der Waals surface area contributed by atoms with Gasteiger partial charge in [-0.3, -0.25) is 4.68 Å². The maximum atomic E-state index is 14.5. The molecule has 1 saturated heterocycles. The first-order valence-corrected chi connectivity index (χ1v) is 8.22. The van der Waals surface area contributed by atoms with Gasteiger partial charge in [-0.15, -0.1) is 0 Å². The van der Waals surface area contributed by atoms with Gasteiger partial charge < -0.3 is 17.4 Å². The van der Waals surface area contributed by atoms with Crippen LogP contribution in [0.5, 0.6) is 0 Å². The zero-order valence-corrected chi connectivity index (χ0v) is 14.3. The summed E-state index contributed by atoms with van der Waals surface area (Å²) in [6.45, 7) is 0.143. The molecule has 1 aromatic heterocycles. The van der Waals surface area contributed by atoms with Crippen LogP contribution >= 0.6 is 11.6 Å². The van der Waals surface area contributed by atoms with Crippen LogP contribution in [0.25, 0.3) is 0 Å². The smallest absolute Gasteiger partial charge is 0.147 e. The number of benzene rings is 2. The Hall–Kier alpha value is -2.09. The summed E-state index contributed by atoms with van der Waals surface area (Å²) in [5.41, 5.74) is -0.132. The van der Waals surface area contributed by atoms with Gasteiger partial charge in [0.15, 0.2) is 0 Å². The van der Waals surface area contributed by atoms with Crippen molar-refractivity contribution in [1.29, 1.82) is 0 Å². The molecule has 0 spiro atoms. The van der Waals surface area contributed by atoms with Crippen LogP contribution in [0.3, 0.4) is 0 Å². The van der Waals surface area contributed by atoms with Crippen LogP contribution in [-0.4, -0.2) is 14.8 Å². The molecule has 0 N–H and O–H groups in total. The van der Waals surface area contributed by atoms with E-state index in [4.69, 9.17) is 29.0 Å². The van der Waals surface area contributed by atoms with Crippen molar-refractivity contribution in [3.8, 4) is 0 Å². The van der Waals surface area contributed by atoms with Crippen molar-refractivity contribution in [2.45, 2.75) is 23.4 Å². The molecule has 2 heterocycles. The molecular weight excluding hydrogens is 368 g/mol. The molecule has 0 saturated carbocycles. The van der Waals surface area contributed by atoms with E-state index >= 15 is 0 Å². The molecule has 0 amide bonds. The van der Waals surface area contributed by atoms with Crippen LogP contribution in [0.1, 0.15) is 17.2 Å². The lowest BCUT2D eigenvalue weighted by molar-refractivity contribution is 0.250. The van der Waals surface area contributed by atoms with E-state index in [-0.39, 0.29) is 17.3 Å². The van der Waals surface area contributed by atoms with Gasteiger partial charge in [-0.2, -0.15) is 5.10 Å². The predicted molar refractivity (Wildman–Crippen MR) is 89.0 cm³/mol. The number of epoxide rings is 1. The molecule has 2 unspecified atom stereocenters. The average molecular weight is 379 g/mol. The Morgan fingerprint density at radius 1 is 1.24 bits per heavy atom. The fraction of sp³-hybridized carbons (Fsp3) is 0.176. The highest BCUT2D eigenvalue weighted by molar-refractivity contribution is 7.58. The third kappa shape index (κ3) is 2.78. The van der Waals surface area contributed by atoms with Crippen LogP contribution in [-0.2, 0) is 29.5 Å². The van der Waals surface area contributed by atoms with Gasteiger partial charge >= 0.3 is 0 Å². The zero-order chi connectivity index (χ0) is 17.6. The highest BCUT2D eigenvalue weighted by Crippen LogP contribution is 2.59. The summed E-state index contributed by atoms with van der Waals surface area (Å²) in [7, 11) is 0. The number of halogens is 3. The van der Waals surface area contributed by atoms with E-state index in [0.717, 1.165) is 11.6 Å². The Bertz CT molecular complexity index is 951. The van der Waals surface area contributed by atoms with Gasteiger partial charge in [-0.25, -0.2) is 13.8 Å². The SMILES string of the molecule is Fc1ccc(C2(Cn3ncnc3[S-])OC2c2ccccc2Cl)c(F)c1.